The molecule has 0 aromatic heterocycles. The van der Waals surface area contributed by atoms with Crippen molar-refractivity contribution in [3.63, 3.8) is 0 Å². The van der Waals surface area contributed by atoms with Gasteiger partial charge in [0, 0.05) is 12.8 Å². The lowest BCUT2D eigenvalue weighted by Crippen LogP contribution is -2.45. The number of hydrogen-bond acceptors (Lipinski definition) is 5. The van der Waals surface area contributed by atoms with Gasteiger partial charge in [-0.25, -0.2) is 0 Å². The van der Waals surface area contributed by atoms with E-state index < -0.39 is 12.1 Å². The Morgan fingerprint density at radius 2 is 0.662 bits per heavy atom. The maximum absolute atomic E-state index is 12.5. The Morgan fingerprint density at radius 3 is 1.00 bits per heavy atom. The fourth-order valence-corrected chi connectivity index (χ4v) is 9.74. The van der Waals surface area contributed by atoms with Crippen LogP contribution in [-0.2, 0) is 14.3 Å². The van der Waals surface area contributed by atoms with Crippen LogP contribution in [0.3, 0.4) is 0 Å². The first-order valence-electron chi connectivity index (χ1n) is 31.8. The molecule has 0 heterocycles. The van der Waals surface area contributed by atoms with E-state index in [1.807, 2.05) is 6.08 Å². The van der Waals surface area contributed by atoms with Crippen LogP contribution in [0.4, 0.5) is 0 Å². The fourth-order valence-electron chi connectivity index (χ4n) is 9.74. The number of carbonyl (C=O) groups is 2. The Labute approximate surface area is 443 Å². The number of rotatable bonds is 59. The fraction of sp³-hybridized carbons (Fsp3) is 0.877. The topological polar surface area (TPSA) is 95.9 Å². The molecule has 0 rings (SSSR count). The van der Waals surface area contributed by atoms with Crippen LogP contribution in [-0.4, -0.2) is 47.4 Å². The molecule has 0 saturated carbocycles. The zero-order valence-electron chi connectivity index (χ0n) is 47.7. The van der Waals surface area contributed by atoms with Crippen molar-refractivity contribution in [2.75, 3.05) is 13.2 Å². The number of aliphatic hydroxyl groups excluding tert-OH is 2. The predicted octanol–water partition coefficient (Wildman–Crippen LogP) is 20.0. The molecule has 0 fully saturated rings. The molecule has 0 aliphatic carbocycles. The molecule has 0 bridgehead atoms. The lowest BCUT2D eigenvalue weighted by Gasteiger charge is -2.20. The Balaban J connectivity index is 3.48. The molecule has 0 aliphatic heterocycles. The first-order chi connectivity index (χ1) is 35.0. The minimum absolute atomic E-state index is 0.00640. The van der Waals surface area contributed by atoms with Gasteiger partial charge in [-0.3, -0.25) is 9.59 Å². The first kappa shape index (κ1) is 69.1. The number of hydrogen-bond donors (Lipinski definition) is 3. The molecule has 0 spiro atoms. The number of allylic oxidation sites excluding steroid dienone is 5. The molecule has 6 heteroatoms. The number of nitrogens with one attached hydrogen (secondary N) is 1. The van der Waals surface area contributed by atoms with Crippen molar-refractivity contribution in [3.05, 3.63) is 36.5 Å². The molecule has 71 heavy (non-hydrogen) atoms. The highest BCUT2D eigenvalue weighted by molar-refractivity contribution is 5.76. The summed E-state index contributed by atoms with van der Waals surface area (Å²) in [5, 5.41) is 23.2. The summed E-state index contributed by atoms with van der Waals surface area (Å²) in [4.78, 5) is 24.6. The molecule has 2 unspecified atom stereocenters. The van der Waals surface area contributed by atoms with Crippen molar-refractivity contribution in [1.82, 2.24) is 5.32 Å². The van der Waals surface area contributed by atoms with Crippen LogP contribution < -0.4 is 5.32 Å². The molecule has 0 aromatic carbocycles. The number of amides is 1. The summed E-state index contributed by atoms with van der Waals surface area (Å²) in [6.45, 7) is 4.90. The van der Waals surface area contributed by atoms with Crippen molar-refractivity contribution >= 4 is 11.9 Å². The maximum atomic E-state index is 12.5. The van der Waals surface area contributed by atoms with E-state index in [4.69, 9.17) is 4.74 Å². The van der Waals surface area contributed by atoms with E-state index in [9.17, 15) is 19.8 Å². The first-order valence-corrected chi connectivity index (χ1v) is 31.8. The monoisotopic (exact) mass is 998 g/mol. The number of unbranched alkanes of at least 4 members (excludes halogenated alkanes) is 44. The standard InChI is InChI=1S/C65H123NO5/c1-3-5-7-9-11-13-15-17-19-21-23-24-25-29-33-37-41-45-49-53-57-63(68)62(61-67)66-64(69)58-54-50-46-42-38-34-30-27-28-32-36-40-44-48-52-56-60-71-65(70)59-55-51-47-43-39-35-31-26-22-20-18-16-14-12-10-8-6-4-2/h20,22,27,30,53,57,62-63,67-68H,3-19,21,23-26,28-29,31-52,54-56,58-61H2,1-2H3,(H,66,69)/b22-20-,30-27-,57-53+. The second kappa shape index (κ2) is 60.6. The van der Waals surface area contributed by atoms with Crippen LogP contribution in [0.2, 0.25) is 0 Å². The van der Waals surface area contributed by atoms with E-state index >= 15 is 0 Å². The van der Waals surface area contributed by atoms with Gasteiger partial charge in [0.2, 0.25) is 5.91 Å². The van der Waals surface area contributed by atoms with Gasteiger partial charge in [0.25, 0.3) is 0 Å². The van der Waals surface area contributed by atoms with Crippen LogP contribution in [0.15, 0.2) is 36.5 Å². The molecule has 0 aliphatic rings. The average molecular weight is 999 g/mol. The zero-order valence-corrected chi connectivity index (χ0v) is 47.7. The summed E-state index contributed by atoms with van der Waals surface area (Å²) in [5.41, 5.74) is 0. The molecular formula is C65H123NO5. The molecule has 0 radical (unpaired) electrons. The summed E-state index contributed by atoms with van der Waals surface area (Å²) in [6, 6.07) is -0.641. The third-order valence-corrected chi connectivity index (χ3v) is 14.6. The quantitative estimate of drug-likeness (QED) is 0.0321. The van der Waals surface area contributed by atoms with Gasteiger partial charge in [0.15, 0.2) is 0 Å². The summed E-state index contributed by atoms with van der Waals surface area (Å²) in [7, 11) is 0. The van der Waals surface area contributed by atoms with Gasteiger partial charge in [0.05, 0.1) is 25.4 Å². The Morgan fingerprint density at radius 1 is 0.380 bits per heavy atom. The Bertz CT molecular complexity index is 1150. The molecule has 1 amide bonds. The van der Waals surface area contributed by atoms with Gasteiger partial charge in [-0.15, -0.1) is 0 Å². The second-order valence-electron chi connectivity index (χ2n) is 21.7. The molecule has 0 aromatic rings. The van der Waals surface area contributed by atoms with Crippen LogP contribution in [0.5, 0.6) is 0 Å². The van der Waals surface area contributed by atoms with Crippen LogP contribution in [0.1, 0.15) is 341 Å². The minimum atomic E-state index is -0.856. The van der Waals surface area contributed by atoms with E-state index in [0.717, 1.165) is 64.2 Å². The van der Waals surface area contributed by atoms with Crippen molar-refractivity contribution < 1.29 is 24.5 Å². The van der Waals surface area contributed by atoms with Crippen molar-refractivity contribution in [1.29, 1.82) is 0 Å². The highest BCUT2D eigenvalue weighted by Crippen LogP contribution is 2.17. The van der Waals surface area contributed by atoms with Gasteiger partial charge in [-0.05, 0) is 83.5 Å². The molecule has 2 atom stereocenters. The van der Waals surface area contributed by atoms with Crippen LogP contribution in [0, 0.1) is 0 Å². The van der Waals surface area contributed by atoms with Gasteiger partial charge >= 0.3 is 5.97 Å². The highest BCUT2D eigenvalue weighted by Gasteiger charge is 2.18. The number of ether oxygens (including phenoxy) is 1. The highest BCUT2D eigenvalue weighted by atomic mass is 16.5. The van der Waals surface area contributed by atoms with Crippen LogP contribution >= 0.6 is 0 Å². The molecule has 6 nitrogen and oxygen atoms in total. The van der Waals surface area contributed by atoms with E-state index in [2.05, 4.69) is 43.5 Å². The lowest BCUT2D eigenvalue weighted by atomic mass is 10.0. The van der Waals surface area contributed by atoms with Crippen molar-refractivity contribution in [2.45, 2.75) is 353 Å². The largest absolute Gasteiger partial charge is 0.466 e. The summed E-state index contributed by atoms with van der Waals surface area (Å²) in [6.07, 6.45) is 76.1. The van der Waals surface area contributed by atoms with Crippen molar-refractivity contribution in [2.24, 2.45) is 0 Å². The number of aliphatic hydroxyl groups is 2. The lowest BCUT2D eigenvalue weighted by molar-refractivity contribution is -0.143. The zero-order chi connectivity index (χ0) is 51.4. The Hall–Kier alpha value is -1.92. The van der Waals surface area contributed by atoms with E-state index in [0.29, 0.717) is 19.4 Å². The number of esters is 1. The average Bonchev–Trinajstić information content (AvgIpc) is 3.37. The molecule has 3 N–H and O–H groups in total. The Kier molecular flexibility index (Phi) is 59.0. The third kappa shape index (κ3) is 57.2. The van der Waals surface area contributed by atoms with Gasteiger partial charge in [0.1, 0.15) is 0 Å². The predicted molar refractivity (Wildman–Crippen MR) is 310 cm³/mol. The molecular weight excluding hydrogens is 875 g/mol. The SMILES string of the molecule is CCCCCCCCC/C=C\CCCCCCCCCC(=O)OCCCCCCCCC/C=C\CCCCCCCC(=O)NC(CO)C(O)/C=C/CCCCCCCCCCCCCCCCCCCC. The second-order valence-corrected chi connectivity index (χ2v) is 21.7. The van der Waals surface area contributed by atoms with Crippen molar-refractivity contribution in [3.8, 4) is 0 Å². The van der Waals surface area contributed by atoms with E-state index in [1.165, 1.54) is 250 Å². The summed E-state index contributed by atoms with van der Waals surface area (Å²) < 4.78 is 5.48. The third-order valence-electron chi connectivity index (χ3n) is 14.6. The summed E-state index contributed by atoms with van der Waals surface area (Å²) in [5.74, 6) is -0.0892. The van der Waals surface area contributed by atoms with Gasteiger partial charge in [-0.1, -0.05) is 281 Å². The molecule has 0 saturated heterocycles. The maximum Gasteiger partial charge on any atom is 0.305 e. The van der Waals surface area contributed by atoms with E-state index in [-0.39, 0.29) is 18.5 Å². The van der Waals surface area contributed by atoms with Gasteiger partial charge < -0.3 is 20.3 Å². The van der Waals surface area contributed by atoms with Crippen LogP contribution in [0.25, 0.3) is 0 Å². The molecule has 418 valence electrons. The summed E-state index contributed by atoms with van der Waals surface area (Å²) >= 11 is 0. The smallest absolute Gasteiger partial charge is 0.305 e. The normalized spacial score (nSPS) is 12.8. The van der Waals surface area contributed by atoms with E-state index in [1.54, 1.807) is 6.08 Å². The van der Waals surface area contributed by atoms with Gasteiger partial charge in [-0.2, -0.15) is 0 Å². The number of carbonyl (C=O) groups excluding carboxylic acids is 2. The minimum Gasteiger partial charge on any atom is -0.466 e.